The summed E-state index contributed by atoms with van der Waals surface area (Å²) in [6, 6.07) is 5.68. The van der Waals surface area contributed by atoms with Gasteiger partial charge in [-0.05, 0) is 48.4 Å². The van der Waals surface area contributed by atoms with Crippen molar-refractivity contribution in [3.63, 3.8) is 0 Å². The summed E-state index contributed by atoms with van der Waals surface area (Å²) in [6.45, 7) is 0.979. The van der Waals surface area contributed by atoms with E-state index in [0.29, 0.717) is 19.1 Å². The summed E-state index contributed by atoms with van der Waals surface area (Å²) >= 11 is 1.81. The van der Waals surface area contributed by atoms with Crippen molar-refractivity contribution in [2.75, 3.05) is 13.1 Å². The topological polar surface area (TPSA) is 71.1 Å². The summed E-state index contributed by atoms with van der Waals surface area (Å²) in [5.41, 5.74) is 1.38. The van der Waals surface area contributed by atoms with E-state index in [9.17, 15) is 8.42 Å². The van der Waals surface area contributed by atoms with E-state index in [1.807, 2.05) is 11.3 Å². The molecule has 1 aliphatic carbocycles. The number of rotatable bonds is 6. The number of nitrogens with zero attached hydrogens (tertiary/aromatic N) is 1. The Morgan fingerprint density at radius 2 is 2.23 bits per heavy atom. The average Bonchev–Trinajstić information content (AvgIpc) is 3.02. The molecule has 0 spiro atoms. The number of fused-ring (bicyclic) bond motifs is 1. The first kappa shape index (κ1) is 15.6. The first-order valence-electron chi connectivity index (χ1n) is 7.36. The minimum atomic E-state index is -3.46. The van der Waals surface area contributed by atoms with E-state index in [1.165, 1.54) is 29.5 Å². The number of hydrogen-bond acceptors (Lipinski definition) is 5. The Morgan fingerprint density at radius 1 is 1.32 bits per heavy atom. The second-order valence-electron chi connectivity index (χ2n) is 5.28. The molecule has 0 saturated heterocycles. The Morgan fingerprint density at radius 3 is 3.05 bits per heavy atom. The highest BCUT2D eigenvalue weighted by molar-refractivity contribution is 7.89. The molecule has 0 amide bonds. The van der Waals surface area contributed by atoms with Crippen molar-refractivity contribution in [2.45, 2.75) is 30.2 Å². The summed E-state index contributed by atoms with van der Waals surface area (Å²) in [6.07, 6.45) is 6.38. The third-order valence-electron chi connectivity index (χ3n) is 3.80. The number of sulfonamides is 1. The molecular formula is C15H19N3O2S2. The molecule has 3 rings (SSSR count). The molecule has 1 aliphatic rings. The second-order valence-corrected chi connectivity index (χ2v) is 8.05. The van der Waals surface area contributed by atoms with Crippen LogP contribution in [-0.4, -0.2) is 26.5 Å². The van der Waals surface area contributed by atoms with Crippen LogP contribution < -0.4 is 10.0 Å². The van der Waals surface area contributed by atoms with Crippen molar-refractivity contribution in [1.82, 2.24) is 15.0 Å². The van der Waals surface area contributed by atoms with Crippen LogP contribution in [0.25, 0.3) is 0 Å². The summed E-state index contributed by atoms with van der Waals surface area (Å²) in [4.78, 5) is 5.50. The highest BCUT2D eigenvalue weighted by Gasteiger charge is 2.20. The smallest absolute Gasteiger partial charge is 0.242 e. The summed E-state index contributed by atoms with van der Waals surface area (Å²) in [5, 5.41) is 5.59. The van der Waals surface area contributed by atoms with E-state index < -0.39 is 10.0 Å². The molecule has 0 radical (unpaired) electrons. The van der Waals surface area contributed by atoms with Gasteiger partial charge in [-0.25, -0.2) is 13.1 Å². The maximum atomic E-state index is 12.1. The largest absolute Gasteiger partial charge is 0.309 e. The molecule has 0 bridgehead atoms. The zero-order chi connectivity index (χ0) is 15.4. The highest BCUT2D eigenvalue weighted by Crippen LogP contribution is 2.32. The fourth-order valence-electron chi connectivity index (χ4n) is 2.72. The number of thiophene rings is 1. The van der Waals surface area contributed by atoms with Gasteiger partial charge in [0.15, 0.2) is 0 Å². The molecule has 118 valence electrons. The quantitative estimate of drug-likeness (QED) is 0.792. The predicted octanol–water partition coefficient (Wildman–Crippen LogP) is 2.09. The van der Waals surface area contributed by atoms with Crippen LogP contribution in [0.3, 0.4) is 0 Å². The van der Waals surface area contributed by atoms with E-state index in [4.69, 9.17) is 0 Å². The Hall–Kier alpha value is -1.28. The first-order chi connectivity index (χ1) is 10.7. The van der Waals surface area contributed by atoms with Gasteiger partial charge in [-0.1, -0.05) is 0 Å². The van der Waals surface area contributed by atoms with Crippen LogP contribution in [-0.2, 0) is 16.4 Å². The molecule has 7 heteroatoms. The van der Waals surface area contributed by atoms with Crippen molar-refractivity contribution < 1.29 is 8.42 Å². The number of hydrogen-bond donors (Lipinski definition) is 2. The lowest BCUT2D eigenvalue weighted by atomic mass is 9.94. The molecule has 0 aromatic carbocycles. The van der Waals surface area contributed by atoms with Gasteiger partial charge in [-0.2, -0.15) is 0 Å². The van der Waals surface area contributed by atoms with Crippen molar-refractivity contribution in [1.29, 1.82) is 0 Å². The molecular weight excluding hydrogens is 318 g/mol. The molecule has 2 aromatic rings. The summed E-state index contributed by atoms with van der Waals surface area (Å²) < 4.78 is 26.7. The van der Waals surface area contributed by atoms with E-state index in [0.717, 1.165) is 6.42 Å². The molecule has 2 aromatic heterocycles. The lowest BCUT2D eigenvalue weighted by molar-refractivity contribution is 0.465. The van der Waals surface area contributed by atoms with E-state index in [-0.39, 0.29) is 4.90 Å². The molecule has 0 fully saturated rings. The van der Waals surface area contributed by atoms with Gasteiger partial charge in [0.05, 0.1) is 0 Å². The zero-order valence-electron chi connectivity index (χ0n) is 12.2. The van der Waals surface area contributed by atoms with Crippen LogP contribution in [0.5, 0.6) is 0 Å². The third-order valence-corrected chi connectivity index (χ3v) is 6.25. The molecule has 2 heterocycles. The maximum Gasteiger partial charge on any atom is 0.242 e. The van der Waals surface area contributed by atoms with Gasteiger partial charge >= 0.3 is 0 Å². The Labute approximate surface area is 134 Å². The van der Waals surface area contributed by atoms with Crippen LogP contribution in [0.4, 0.5) is 0 Å². The lowest BCUT2D eigenvalue weighted by Gasteiger charge is -2.23. The van der Waals surface area contributed by atoms with E-state index >= 15 is 0 Å². The standard InChI is InChI=1S/C15H19N3O2S2/c19-22(20,12-3-2-7-16-11-12)18-9-8-17-14-4-1-5-15-13(14)6-10-21-15/h2-3,6-7,10-11,14,17-18H,1,4-5,8-9H2/t14-/m1/s1. The average molecular weight is 337 g/mol. The lowest BCUT2D eigenvalue weighted by Crippen LogP contribution is -2.34. The van der Waals surface area contributed by atoms with Crippen molar-refractivity contribution >= 4 is 21.4 Å². The van der Waals surface area contributed by atoms with Gasteiger partial charge in [0.2, 0.25) is 10.0 Å². The van der Waals surface area contributed by atoms with Gasteiger partial charge in [0.1, 0.15) is 4.90 Å². The van der Waals surface area contributed by atoms with Gasteiger partial charge in [0.25, 0.3) is 0 Å². The van der Waals surface area contributed by atoms with E-state index in [1.54, 1.807) is 18.3 Å². The molecule has 2 N–H and O–H groups in total. The number of nitrogens with one attached hydrogen (secondary N) is 2. The maximum absolute atomic E-state index is 12.1. The third kappa shape index (κ3) is 3.55. The van der Waals surface area contributed by atoms with Crippen LogP contribution in [0.15, 0.2) is 40.9 Å². The zero-order valence-corrected chi connectivity index (χ0v) is 13.8. The minimum Gasteiger partial charge on any atom is -0.309 e. The monoisotopic (exact) mass is 337 g/mol. The number of pyridine rings is 1. The normalized spacial score (nSPS) is 18.1. The van der Waals surface area contributed by atoms with Gasteiger partial charge < -0.3 is 5.32 Å². The SMILES string of the molecule is O=S(=O)(NCCN[C@@H]1CCCc2sccc21)c1cccnc1. The van der Waals surface area contributed by atoms with Crippen LogP contribution in [0.1, 0.15) is 29.3 Å². The molecule has 0 aliphatic heterocycles. The molecule has 0 saturated carbocycles. The highest BCUT2D eigenvalue weighted by atomic mass is 32.2. The van der Waals surface area contributed by atoms with Crippen molar-refractivity contribution in [3.05, 3.63) is 46.4 Å². The predicted molar refractivity (Wildman–Crippen MR) is 87.4 cm³/mol. The van der Waals surface area contributed by atoms with Crippen LogP contribution in [0.2, 0.25) is 0 Å². The molecule has 0 unspecified atom stereocenters. The van der Waals surface area contributed by atoms with Crippen LogP contribution >= 0.6 is 11.3 Å². The molecule has 5 nitrogen and oxygen atoms in total. The second kappa shape index (κ2) is 6.87. The van der Waals surface area contributed by atoms with Gasteiger partial charge in [-0.15, -0.1) is 11.3 Å². The Balaban J connectivity index is 1.51. The molecule has 1 atom stereocenters. The van der Waals surface area contributed by atoms with Crippen molar-refractivity contribution in [2.24, 2.45) is 0 Å². The van der Waals surface area contributed by atoms with Crippen molar-refractivity contribution in [3.8, 4) is 0 Å². The Kier molecular flexibility index (Phi) is 4.87. The fraction of sp³-hybridized carbons (Fsp3) is 0.400. The number of aryl methyl sites for hydroxylation is 1. The van der Waals surface area contributed by atoms with E-state index in [2.05, 4.69) is 26.5 Å². The summed E-state index contributed by atoms with van der Waals surface area (Å²) in [7, 11) is -3.46. The Bertz CT molecular complexity index is 713. The summed E-state index contributed by atoms with van der Waals surface area (Å²) in [5.74, 6) is 0. The first-order valence-corrected chi connectivity index (χ1v) is 9.72. The fourth-order valence-corrected chi connectivity index (χ4v) is 4.70. The minimum absolute atomic E-state index is 0.202. The van der Waals surface area contributed by atoms with Crippen LogP contribution in [0, 0.1) is 0 Å². The van der Waals surface area contributed by atoms with Gasteiger partial charge in [0, 0.05) is 36.4 Å². The molecule has 22 heavy (non-hydrogen) atoms. The number of aromatic nitrogens is 1. The van der Waals surface area contributed by atoms with Gasteiger partial charge in [-0.3, -0.25) is 4.98 Å².